The molecule has 3 rings (SSSR count). The van der Waals surface area contributed by atoms with Crippen LogP contribution in [0.5, 0.6) is 0 Å². The van der Waals surface area contributed by atoms with Crippen LogP contribution in [0.2, 0.25) is 0 Å². The molecule has 110 valence electrons. The molecule has 1 saturated heterocycles. The van der Waals surface area contributed by atoms with Crippen molar-refractivity contribution in [3.05, 3.63) is 29.3 Å². The average molecular weight is 287 g/mol. The van der Waals surface area contributed by atoms with Crippen molar-refractivity contribution < 1.29 is 14.4 Å². The Balaban J connectivity index is 1.80. The minimum Gasteiger partial charge on any atom is -0.326 e. The number of fused-ring (bicyclic) bond motifs is 1. The molecule has 0 saturated carbocycles. The number of amides is 3. The second-order valence-electron chi connectivity index (χ2n) is 5.84. The molecule has 0 aliphatic carbocycles. The van der Waals surface area contributed by atoms with Crippen LogP contribution in [0.15, 0.2) is 18.2 Å². The monoisotopic (exact) mass is 287 g/mol. The third-order valence-electron chi connectivity index (χ3n) is 4.14. The maximum Gasteiger partial charge on any atom is 0.259 e. The summed E-state index contributed by atoms with van der Waals surface area (Å²) in [5, 5.41) is 8.31. The molecule has 0 radical (unpaired) electrons. The van der Waals surface area contributed by atoms with Crippen LogP contribution in [0.4, 0.5) is 5.69 Å². The fourth-order valence-corrected chi connectivity index (χ4v) is 2.78. The van der Waals surface area contributed by atoms with Gasteiger partial charge >= 0.3 is 0 Å². The molecule has 1 atom stereocenters. The number of carbonyl (C=O) groups excluding carboxylic acids is 3. The highest BCUT2D eigenvalue weighted by molar-refractivity contribution is 6.22. The molecule has 2 aliphatic rings. The summed E-state index contributed by atoms with van der Waals surface area (Å²) in [6, 6.07) is 4.76. The molecule has 3 N–H and O–H groups in total. The Morgan fingerprint density at radius 2 is 2.00 bits per heavy atom. The number of hydrogen-bond acceptors (Lipinski definition) is 4. The zero-order valence-corrected chi connectivity index (χ0v) is 11.8. The lowest BCUT2D eigenvalue weighted by Crippen LogP contribution is -2.46. The van der Waals surface area contributed by atoms with E-state index < -0.39 is 17.2 Å². The molecular weight excluding hydrogens is 270 g/mol. The van der Waals surface area contributed by atoms with Crippen molar-refractivity contribution in [3.8, 4) is 0 Å². The van der Waals surface area contributed by atoms with E-state index in [0.717, 1.165) is 19.4 Å². The van der Waals surface area contributed by atoms with Gasteiger partial charge in [0.05, 0.1) is 16.5 Å². The Labute approximate surface area is 122 Å². The van der Waals surface area contributed by atoms with Crippen molar-refractivity contribution in [2.75, 3.05) is 18.4 Å². The first-order chi connectivity index (χ1) is 9.99. The lowest BCUT2D eigenvalue weighted by molar-refractivity contribution is -0.125. The van der Waals surface area contributed by atoms with E-state index in [2.05, 4.69) is 16.0 Å². The van der Waals surface area contributed by atoms with Crippen LogP contribution in [0.25, 0.3) is 0 Å². The van der Waals surface area contributed by atoms with Gasteiger partial charge in [0.15, 0.2) is 0 Å². The minimum atomic E-state index is -0.449. The van der Waals surface area contributed by atoms with Gasteiger partial charge in [-0.3, -0.25) is 19.7 Å². The van der Waals surface area contributed by atoms with Crippen molar-refractivity contribution in [1.82, 2.24) is 10.6 Å². The van der Waals surface area contributed by atoms with E-state index in [1.807, 2.05) is 6.92 Å². The molecule has 0 aromatic heterocycles. The number of anilines is 1. The SMILES string of the molecule is CC1(C(=O)Nc2ccc3c(c2)C(=O)NC3=O)CCCNC1. The van der Waals surface area contributed by atoms with E-state index in [4.69, 9.17) is 0 Å². The number of imide groups is 1. The summed E-state index contributed by atoms with van der Waals surface area (Å²) in [6.45, 7) is 3.50. The first-order valence-electron chi connectivity index (χ1n) is 7.01. The number of piperidine rings is 1. The van der Waals surface area contributed by atoms with Crippen LogP contribution in [-0.2, 0) is 4.79 Å². The number of carbonyl (C=O) groups is 3. The molecule has 2 aliphatic heterocycles. The fraction of sp³-hybridized carbons (Fsp3) is 0.400. The van der Waals surface area contributed by atoms with Gasteiger partial charge in [0, 0.05) is 12.2 Å². The molecule has 1 fully saturated rings. The Hall–Kier alpha value is -2.21. The summed E-state index contributed by atoms with van der Waals surface area (Å²) in [5.74, 6) is -0.882. The lowest BCUT2D eigenvalue weighted by Gasteiger charge is -2.32. The van der Waals surface area contributed by atoms with Crippen LogP contribution in [-0.4, -0.2) is 30.8 Å². The van der Waals surface area contributed by atoms with Gasteiger partial charge in [-0.1, -0.05) is 0 Å². The van der Waals surface area contributed by atoms with Gasteiger partial charge in [-0.15, -0.1) is 0 Å². The highest BCUT2D eigenvalue weighted by Gasteiger charge is 2.35. The topological polar surface area (TPSA) is 87.3 Å². The number of hydrogen-bond donors (Lipinski definition) is 3. The van der Waals surface area contributed by atoms with E-state index in [1.165, 1.54) is 0 Å². The summed E-state index contributed by atoms with van der Waals surface area (Å²) < 4.78 is 0. The predicted octanol–water partition coefficient (Wildman–Crippen LogP) is 0.898. The molecule has 1 aromatic carbocycles. The normalized spacial score (nSPS) is 24.4. The van der Waals surface area contributed by atoms with Crippen molar-refractivity contribution >= 4 is 23.4 Å². The van der Waals surface area contributed by atoms with E-state index in [-0.39, 0.29) is 5.91 Å². The average Bonchev–Trinajstić information content (AvgIpc) is 2.74. The van der Waals surface area contributed by atoms with Crippen LogP contribution in [0.3, 0.4) is 0 Å². The van der Waals surface area contributed by atoms with Crippen molar-refractivity contribution in [2.45, 2.75) is 19.8 Å². The van der Waals surface area contributed by atoms with E-state index >= 15 is 0 Å². The van der Waals surface area contributed by atoms with E-state index in [9.17, 15) is 14.4 Å². The molecule has 1 aromatic rings. The van der Waals surface area contributed by atoms with Gasteiger partial charge in [0.25, 0.3) is 11.8 Å². The molecule has 2 heterocycles. The maximum absolute atomic E-state index is 12.4. The number of rotatable bonds is 2. The van der Waals surface area contributed by atoms with Crippen LogP contribution >= 0.6 is 0 Å². The molecule has 6 heteroatoms. The van der Waals surface area contributed by atoms with Crippen LogP contribution in [0, 0.1) is 5.41 Å². The van der Waals surface area contributed by atoms with Gasteiger partial charge < -0.3 is 10.6 Å². The molecule has 0 spiro atoms. The van der Waals surface area contributed by atoms with Crippen molar-refractivity contribution in [1.29, 1.82) is 0 Å². The van der Waals surface area contributed by atoms with E-state index in [0.29, 0.717) is 23.4 Å². The lowest BCUT2D eigenvalue weighted by atomic mass is 9.82. The van der Waals surface area contributed by atoms with Gasteiger partial charge in [0.1, 0.15) is 0 Å². The summed E-state index contributed by atoms with van der Waals surface area (Å²) in [6.07, 6.45) is 1.79. The van der Waals surface area contributed by atoms with Gasteiger partial charge in [-0.05, 0) is 44.5 Å². The highest BCUT2D eigenvalue weighted by atomic mass is 16.2. The standard InChI is InChI=1S/C15H17N3O3/c1-15(5-2-6-16-8-15)14(21)17-9-3-4-10-11(7-9)13(20)18-12(10)19/h3-4,7,16H,2,5-6,8H2,1H3,(H,17,21)(H,18,19,20). The molecule has 6 nitrogen and oxygen atoms in total. The first kappa shape index (κ1) is 13.8. The van der Waals surface area contributed by atoms with E-state index in [1.54, 1.807) is 18.2 Å². The van der Waals surface area contributed by atoms with Gasteiger partial charge in [-0.2, -0.15) is 0 Å². The third-order valence-corrected chi connectivity index (χ3v) is 4.14. The zero-order valence-electron chi connectivity index (χ0n) is 11.8. The first-order valence-corrected chi connectivity index (χ1v) is 7.01. The number of nitrogens with one attached hydrogen (secondary N) is 3. The Bertz CT molecular complexity index is 633. The molecule has 3 amide bonds. The largest absolute Gasteiger partial charge is 0.326 e. The molecular formula is C15H17N3O3. The minimum absolute atomic E-state index is 0.0700. The van der Waals surface area contributed by atoms with Crippen molar-refractivity contribution in [2.24, 2.45) is 5.41 Å². The Morgan fingerprint density at radius 1 is 1.24 bits per heavy atom. The summed E-state index contributed by atoms with van der Waals surface area (Å²) >= 11 is 0. The summed E-state index contributed by atoms with van der Waals surface area (Å²) in [7, 11) is 0. The second-order valence-corrected chi connectivity index (χ2v) is 5.84. The smallest absolute Gasteiger partial charge is 0.259 e. The Morgan fingerprint density at radius 3 is 2.71 bits per heavy atom. The fourth-order valence-electron chi connectivity index (χ4n) is 2.78. The molecule has 1 unspecified atom stereocenters. The zero-order chi connectivity index (χ0) is 15.0. The second kappa shape index (κ2) is 4.96. The van der Waals surface area contributed by atoms with Crippen LogP contribution < -0.4 is 16.0 Å². The van der Waals surface area contributed by atoms with Gasteiger partial charge in [-0.25, -0.2) is 0 Å². The quantitative estimate of drug-likeness (QED) is 0.705. The molecule has 21 heavy (non-hydrogen) atoms. The summed E-state index contributed by atoms with van der Waals surface area (Å²) in [5.41, 5.74) is 0.749. The van der Waals surface area contributed by atoms with Gasteiger partial charge in [0.2, 0.25) is 5.91 Å². The Kier molecular flexibility index (Phi) is 3.25. The summed E-state index contributed by atoms with van der Waals surface area (Å²) in [4.78, 5) is 35.5. The van der Waals surface area contributed by atoms with Crippen LogP contribution in [0.1, 0.15) is 40.5 Å². The number of benzene rings is 1. The molecule has 0 bridgehead atoms. The maximum atomic E-state index is 12.4. The predicted molar refractivity (Wildman–Crippen MR) is 77.1 cm³/mol. The van der Waals surface area contributed by atoms with Crippen molar-refractivity contribution in [3.63, 3.8) is 0 Å². The highest BCUT2D eigenvalue weighted by Crippen LogP contribution is 2.28. The third kappa shape index (κ3) is 2.42.